The highest BCUT2D eigenvalue weighted by Crippen LogP contribution is 2.25. The zero-order chi connectivity index (χ0) is 21.8. The monoisotopic (exact) mass is 421 g/mol. The van der Waals surface area contributed by atoms with Gasteiger partial charge in [0.25, 0.3) is 21.6 Å². The third-order valence-electron chi connectivity index (χ3n) is 3.92. The number of nitro benzene ring substituents is 1. The Morgan fingerprint density at radius 2 is 1.72 bits per heavy atom. The second kappa shape index (κ2) is 8.91. The molecule has 0 saturated carbocycles. The molecule has 0 fully saturated rings. The molecule has 0 radical (unpaired) electrons. The number of benzene rings is 2. The highest BCUT2D eigenvalue weighted by molar-refractivity contribution is 7.92. The zero-order valence-corrected chi connectivity index (χ0v) is 17.3. The molecular formula is C19H23N3O6S. The van der Waals surface area contributed by atoms with Gasteiger partial charge in [0.2, 0.25) is 0 Å². The highest BCUT2D eigenvalue weighted by Gasteiger charge is 2.19. The van der Waals surface area contributed by atoms with E-state index in [0.29, 0.717) is 11.3 Å². The molecular weight excluding hydrogens is 398 g/mol. The predicted octanol–water partition coefficient (Wildman–Crippen LogP) is 3.00. The summed E-state index contributed by atoms with van der Waals surface area (Å²) in [7, 11) is -3.96. The lowest BCUT2D eigenvalue weighted by molar-refractivity contribution is -0.384. The van der Waals surface area contributed by atoms with E-state index in [1.165, 1.54) is 42.5 Å². The van der Waals surface area contributed by atoms with E-state index in [-0.39, 0.29) is 28.2 Å². The van der Waals surface area contributed by atoms with Crippen molar-refractivity contribution in [1.29, 1.82) is 0 Å². The summed E-state index contributed by atoms with van der Waals surface area (Å²) in [5, 5.41) is 13.6. The number of carbonyl (C=O) groups excluding carboxylic acids is 1. The van der Waals surface area contributed by atoms with Gasteiger partial charge >= 0.3 is 0 Å². The highest BCUT2D eigenvalue weighted by atomic mass is 32.2. The molecule has 2 aromatic carbocycles. The minimum Gasteiger partial charge on any atom is -0.481 e. The van der Waals surface area contributed by atoms with E-state index < -0.39 is 21.1 Å². The maximum Gasteiger partial charge on any atom is 0.271 e. The number of non-ortho nitro benzene ring substituents is 1. The van der Waals surface area contributed by atoms with Crippen LogP contribution in [0, 0.1) is 17.0 Å². The lowest BCUT2D eigenvalue weighted by Gasteiger charge is -2.16. The lowest BCUT2D eigenvalue weighted by atomic mass is 10.2. The van der Waals surface area contributed by atoms with Crippen molar-refractivity contribution in [2.24, 2.45) is 0 Å². The number of anilines is 1. The Hall–Kier alpha value is -3.14. The molecule has 0 saturated heterocycles. The van der Waals surface area contributed by atoms with E-state index in [4.69, 9.17) is 4.74 Å². The number of ether oxygens (including phenoxy) is 1. The summed E-state index contributed by atoms with van der Waals surface area (Å²) >= 11 is 0. The first kappa shape index (κ1) is 22.2. The Morgan fingerprint density at radius 3 is 2.28 bits per heavy atom. The predicted molar refractivity (Wildman–Crippen MR) is 108 cm³/mol. The molecule has 156 valence electrons. The summed E-state index contributed by atoms with van der Waals surface area (Å²) in [4.78, 5) is 22.2. The van der Waals surface area contributed by atoms with Gasteiger partial charge in [0, 0.05) is 18.2 Å². The summed E-state index contributed by atoms with van der Waals surface area (Å²) in [6, 6.07) is 9.45. The van der Waals surface area contributed by atoms with Crippen LogP contribution in [0.25, 0.3) is 0 Å². The fourth-order valence-electron chi connectivity index (χ4n) is 2.39. The minimum absolute atomic E-state index is 0.0237. The van der Waals surface area contributed by atoms with E-state index in [1.807, 2.05) is 13.8 Å². The van der Waals surface area contributed by atoms with Gasteiger partial charge in [-0.1, -0.05) is 6.07 Å². The van der Waals surface area contributed by atoms with Crippen molar-refractivity contribution in [3.8, 4) is 5.75 Å². The van der Waals surface area contributed by atoms with Gasteiger partial charge in [-0.3, -0.25) is 19.6 Å². The molecule has 2 aromatic rings. The first-order valence-corrected chi connectivity index (χ1v) is 10.3. The van der Waals surface area contributed by atoms with Crippen LogP contribution in [0.3, 0.4) is 0 Å². The summed E-state index contributed by atoms with van der Waals surface area (Å²) in [5.41, 5.74) is 0.452. The summed E-state index contributed by atoms with van der Waals surface area (Å²) in [6.45, 7) is 6.90. The van der Waals surface area contributed by atoms with Crippen LogP contribution in [0.2, 0.25) is 0 Å². The maximum atomic E-state index is 12.6. The number of aryl methyl sites for hydroxylation is 1. The molecule has 9 nitrogen and oxygen atoms in total. The molecule has 0 aliphatic rings. The quantitative estimate of drug-likeness (QED) is 0.498. The molecule has 29 heavy (non-hydrogen) atoms. The van der Waals surface area contributed by atoms with Gasteiger partial charge in [-0.25, -0.2) is 8.42 Å². The molecule has 2 rings (SSSR count). The zero-order valence-electron chi connectivity index (χ0n) is 16.5. The van der Waals surface area contributed by atoms with E-state index in [9.17, 15) is 23.3 Å². The number of hydrogen-bond acceptors (Lipinski definition) is 6. The third kappa shape index (κ3) is 5.92. The van der Waals surface area contributed by atoms with Crippen molar-refractivity contribution in [2.75, 3.05) is 4.72 Å². The van der Waals surface area contributed by atoms with E-state index in [1.54, 1.807) is 13.8 Å². The topological polar surface area (TPSA) is 128 Å². The number of nitrogens with one attached hydrogen (secondary N) is 2. The first-order chi connectivity index (χ1) is 13.5. The Labute approximate surface area is 169 Å². The first-order valence-electron chi connectivity index (χ1n) is 8.84. The number of rotatable bonds is 8. The number of nitro groups is 1. The number of amides is 1. The Morgan fingerprint density at radius 1 is 1.10 bits per heavy atom. The summed E-state index contributed by atoms with van der Waals surface area (Å²) < 4.78 is 33.1. The SMILES string of the molecule is Cc1ccc([N+](=O)[O-])cc1NS(=O)(=O)c1ccc(O[C@@H](C)C(=O)NC(C)C)cc1. The van der Waals surface area contributed by atoms with Crippen LogP contribution < -0.4 is 14.8 Å². The molecule has 2 N–H and O–H groups in total. The molecule has 0 aliphatic heterocycles. The van der Waals surface area contributed by atoms with Crippen LogP contribution in [0.15, 0.2) is 47.4 Å². The van der Waals surface area contributed by atoms with Crippen LogP contribution in [-0.4, -0.2) is 31.4 Å². The molecule has 10 heteroatoms. The molecule has 1 amide bonds. The van der Waals surface area contributed by atoms with Gasteiger partial charge < -0.3 is 10.1 Å². The molecule has 0 heterocycles. The van der Waals surface area contributed by atoms with Crippen molar-refractivity contribution in [2.45, 2.75) is 44.7 Å². The van der Waals surface area contributed by atoms with Crippen molar-refractivity contribution < 1.29 is 22.9 Å². The number of nitrogens with zero attached hydrogens (tertiary/aromatic N) is 1. The van der Waals surface area contributed by atoms with Crippen LogP contribution in [-0.2, 0) is 14.8 Å². The molecule has 0 aliphatic carbocycles. The van der Waals surface area contributed by atoms with Gasteiger partial charge in [-0.05, 0) is 57.5 Å². The smallest absolute Gasteiger partial charge is 0.271 e. The minimum atomic E-state index is -3.96. The van der Waals surface area contributed by atoms with Crippen LogP contribution in [0.4, 0.5) is 11.4 Å². The summed E-state index contributed by atoms with van der Waals surface area (Å²) in [5.74, 6) is 0.0568. The van der Waals surface area contributed by atoms with Crippen molar-refractivity contribution in [1.82, 2.24) is 5.32 Å². The second-order valence-corrected chi connectivity index (χ2v) is 8.44. The van der Waals surface area contributed by atoms with Gasteiger partial charge in [-0.15, -0.1) is 0 Å². The number of carbonyl (C=O) groups is 1. The second-order valence-electron chi connectivity index (χ2n) is 6.76. The van der Waals surface area contributed by atoms with E-state index in [0.717, 1.165) is 0 Å². The van der Waals surface area contributed by atoms with Gasteiger partial charge in [0.05, 0.1) is 15.5 Å². The fraction of sp³-hybridized carbons (Fsp3) is 0.316. The van der Waals surface area contributed by atoms with Crippen LogP contribution in [0.5, 0.6) is 5.75 Å². The fourth-order valence-corrected chi connectivity index (χ4v) is 3.52. The Balaban J connectivity index is 2.15. The Bertz CT molecular complexity index is 1000. The molecule has 1 atom stereocenters. The number of hydrogen-bond donors (Lipinski definition) is 2. The maximum absolute atomic E-state index is 12.6. The van der Waals surface area contributed by atoms with Gasteiger partial charge in [-0.2, -0.15) is 0 Å². The third-order valence-corrected chi connectivity index (χ3v) is 5.30. The average molecular weight is 421 g/mol. The van der Waals surface area contributed by atoms with Crippen molar-refractivity contribution in [3.63, 3.8) is 0 Å². The Kier molecular flexibility index (Phi) is 6.80. The van der Waals surface area contributed by atoms with Crippen molar-refractivity contribution >= 4 is 27.3 Å². The van der Waals surface area contributed by atoms with Gasteiger partial charge in [0.1, 0.15) is 5.75 Å². The standard InChI is InChI=1S/C19H23N3O6S/c1-12(2)20-19(23)14(4)28-16-7-9-17(10-8-16)29(26,27)21-18-11-15(22(24)25)6-5-13(18)3/h5-12,14,21H,1-4H3,(H,20,23)/t14-/m0/s1. The van der Waals surface area contributed by atoms with E-state index >= 15 is 0 Å². The lowest BCUT2D eigenvalue weighted by Crippen LogP contribution is -2.40. The largest absolute Gasteiger partial charge is 0.481 e. The number of sulfonamides is 1. The normalized spacial score (nSPS) is 12.3. The average Bonchev–Trinajstić information content (AvgIpc) is 2.63. The summed E-state index contributed by atoms with van der Waals surface area (Å²) in [6.07, 6.45) is -0.745. The van der Waals surface area contributed by atoms with E-state index in [2.05, 4.69) is 10.0 Å². The molecule has 0 spiro atoms. The molecule has 0 aromatic heterocycles. The molecule has 0 bridgehead atoms. The van der Waals surface area contributed by atoms with Crippen molar-refractivity contribution in [3.05, 3.63) is 58.1 Å². The molecule has 0 unspecified atom stereocenters. The van der Waals surface area contributed by atoms with Crippen LogP contribution in [0.1, 0.15) is 26.3 Å². The van der Waals surface area contributed by atoms with Gasteiger partial charge in [0.15, 0.2) is 6.10 Å². The van der Waals surface area contributed by atoms with Crippen LogP contribution >= 0.6 is 0 Å².